The summed E-state index contributed by atoms with van der Waals surface area (Å²) in [5.41, 5.74) is 8.75. The highest BCUT2D eigenvalue weighted by Crippen LogP contribution is 2.33. The van der Waals surface area contributed by atoms with Gasteiger partial charge in [0, 0.05) is 17.3 Å². The molecule has 164 valence electrons. The fraction of sp³-hybridized carbons (Fsp3) is 0.130. The summed E-state index contributed by atoms with van der Waals surface area (Å²) in [7, 11) is 0. The molecule has 0 spiro atoms. The topological polar surface area (TPSA) is 100 Å². The Balaban J connectivity index is 1.58. The molecular formula is C23H20F2N4O3. The van der Waals surface area contributed by atoms with Crippen LogP contribution in [-0.2, 0) is 13.2 Å². The lowest BCUT2D eigenvalue weighted by Gasteiger charge is -2.31. The Morgan fingerprint density at radius 1 is 1.19 bits per heavy atom. The lowest BCUT2D eigenvalue weighted by atomic mass is 10.0. The summed E-state index contributed by atoms with van der Waals surface area (Å²) in [4.78, 5) is 14.3. The van der Waals surface area contributed by atoms with Gasteiger partial charge in [0.1, 0.15) is 24.0 Å². The number of nitrogens with one attached hydrogen (secondary N) is 1. The van der Waals surface area contributed by atoms with E-state index in [0.29, 0.717) is 22.7 Å². The second kappa shape index (κ2) is 8.54. The van der Waals surface area contributed by atoms with Gasteiger partial charge in [-0.15, -0.1) is 0 Å². The molecule has 0 aromatic heterocycles. The number of fused-ring (bicyclic) bond motifs is 1. The van der Waals surface area contributed by atoms with Crippen LogP contribution in [-0.4, -0.2) is 17.1 Å². The summed E-state index contributed by atoms with van der Waals surface area (Å²) in [6.45, 7) is 1.84. The Kier molecular flexibility index (Phi) is 5.63. The van der Waals surface area contributed by atoms with Gasteiger partial charge in [-0.2, -0.15) is 0 Å². The minimum atomic E-state index is -0.685. The third kappa shape index (κ3) is 4.04. The SMILES string of the molecule is Cc1ccc(OCc2c(F)cccc2F)cc1N1Cc2ccc(/C(N)=N/O)cc2NC1=O. The predicted molar refractivity (Wildman–Crippen MR) is 116 cm³/mol. The number of carbonyl (C=O) groups is 1. The molecule has 0 aliphatic carbocycles. The predicted octanol–water partition coefficient (Wildman–Crippen LogP) is 4.50. The third-order valence-corrected chi connectivity index (χ3v) is 5.24. The van der Waals surface area contributed by atoms with Crippen molar-refractivity contribution in [3.8, 4) is 5.75 Å². The van der Waals surface area contributed by atoms with Gasteiger partial charge in [-0.1, -0.05) is 29.4 Å². The molecular weight excluding hydrogens is 418 g/mol. The number of hydrogen-bond acceptors (Lipinski definition) is 4. The van der Waals surface area contributed by atoms with Crippen molar-refractivity contribution in [2.24, 2.45) is 10.9 Å². The lowest BCUT2D eigenvalue weighted by molar-refractivity contribution is 0.256. The first-order valence-corrected chi connectivity index (χ1v) is 9.73. The number of amidine groups is 1. The summed E-state index contributed by atoms with van der Waals surface area (Å²) in [5.74, 6) is -1.06. The number of anilines is 2. The molecule has 0 bridgehead atoms. The molecule has 1 aliphatic rings. The van der Waals surface area contributed by atoms with E-state index < -0.39 is 11.6 Å². The zero-order valence-electron chi connectivity index (χ0n) is 17.1. The number of urea groups is 1. The Labute approximate surface area is 182 Å². The molecule has 4 rings (SSSR count). The molecule has 0 radical (unpaired) electrons. The van der Waals surface area contributed by atoms with Crippen molar-refractivity contribution < 1.29 is 23.5 Å². The minimum Gasteiger partial charge on any atom is -0.489 e. The number of nitrogens with zero attached hydrogens (tertiary/aromatic N) is 2. The number of rotatable bonds is 5. The normalized spacial score (nSPS) is 13.5. The van der Waals surface area contributed by atoms with Crippen LogP contribution in [0.25, 0.3) is 0 Å². The van der Waals surface area contributed by atoms with Gasteiger partial charge >= 0.3 is 6.03 Å². The Morgan fingerprint density at radius 3 is 2.66 bits per heavy atom. The van der Waals surface area contributed by atoms with Crippen LogP contribution in [0.2, 0.25) is 0 Å². The number of benzene rings is 3. The molecule has 0 atom stereocenters. The molecule has 0 saturated carbocycles. The van der Waals surface area contributed by atoms with Crippen molar-refractivity contribution in [3.05, 3.63) is 88.5 Å². The van der Waals surface area contributed by atoms with E-state index in [4.69, 9.17) is 15.7 Å². The zero-order chi connectivity index (χ0) is 22.8. The van der Waals surface area contributed by atoms with E-state index in [9.17, 15) is 13.6 Å². The van der Waals surface area contributed by atoms with Crippen molar-refractivity contribution in [3.63, 3.8) is 0 Å². The van der Waals surface area contributed by atoms with Crippen molar-refractivity contribution in [2.75, 3.05) is 10.2 Å². The molecule has 9 heteroatoms. The van der Waals surface area contributed by atoms with E-state index in [1.807, 2.05) is 6.92 Å². The Hall–Kier alpha value is -4.14. The first kappa shape index (κ1) is 21.1. The number of oxime groups is 1. The average molecular weight is 438 g/mol. The van der Waals surface area contributed by atoms with Crippen molar-refractivity contribution >= 4 is 23.2 Å². The molecule has 3 aromatic rings. The summed E-state index contributed by atoms with van der Waals surface area (Å²) >= 11 is 0. The Bertz CT molecular complexity index is 1210. The molecule has 32 heavy (non-hydrogen) atoms. The van der Waals surface area contributed by atoms with Gasteiger partial charge in [0.2, 0.25) is 0 Å². The second-order valence-electron chi connectivity index (χ2n) is 7.31. The highest BCUT2D eigenvalue weighted by Gasteiger charge is 2.26. The van der Waals surface area contributed by atoms with E-state index in [2.05, 4.69) is 10.5 Å². The van der Waals surface area contributed by atoms with Crippen molar-refractivity contribution in [1.82, 2.24) is 0 Å². The van der Waals surface area contributed by atoms with Crippen LogP contribution in [0.3, 0.4) is 0 Å². The van der Waals surface area contributed by atoms with Crippen LogP contribution in [0.1, 0.15) is 22.3 Å². The van der Waals surface area contributed by atoms with Crippen molar-refractivity contribution in [2.45, 2.75) is 20.1 Å². The fourth-order valence-electron chi connectivity index (χ4n) is 3.46. The number of halogens is 2. The van der Waals surface area contributed by atoms with Gasteiger partial charge in [0.25, 0.3) is 0 Å². The van der Waals surface area contributed by atoms with Gasteiger partial charge in [0.15, 0.2) is 5.84 Å². The summed E-state index contributed by atoms with van der Waals surface area (Å²) in [6, 6.07) is 13.5. The van der Waals surface area contributed by atoms with E-state index in [1.54, 1.807) is 36.4 Å². The number of aryl methyl sites for hydroxylation is 1. The van der Waals surface area contributed by atoms with Gasteiger partial charge in [-0.3, -0.25) is 4.90 Å². The molecule has 0 unspecified atom stereocenters. The summed E-state index contributed by atoms with van der Waals surface area (Å²) in [5, 5.41) is 14.6. The maximum absolute atomic E-state index is 13.9. The zero-order valence-corrected chi connectivity index (χ0v) is 17.1. The van der Waals surface area contributed by atoms with E-state index in [-0.39, 0.29) is 30.6 Å². The molecule has 0 fully saturated rings. The monoisotopic (exact) mass is 438 g/mol. The third-order valence-electron chi connectivity index (χ3n) is 5.24. The van der Waals surface area contributed by atoms with Crippen LogP contribution in [0.4, 0.5) is 25.0 Å². The van der Waals surface area contributed by atoms with Crippen LogP contribution in [0.15, 0.2) is 59.8 Å². The summed E-state index contributed by atoms with van der Waals surface area (Å²) < 4.78 is 33.4. The first-order valence-electron chi connectivity index (χ1n) is 9.73. The lowest BCUT2D eigenvalue weighted by Crippen LogP contribution is -2.39. The highest BCUT2D eigenvalue weighted by molar-refractivity contribution is 6.06. The van der Waals surface area contributed by atoms with Gasteiger partial charge in [-0.25, -0.2) is 13.6 Å². The Morgan fingerprint density at radius 2 is 1.94 bits per heavy atom. The molecule has 2 amide bonds. The smallest absolute Gasteiger partial charge is 0.326 e. The van der Waals surface area contributed by atoms with Gasteiger partial charge < -0.3 is 21.0 Å². The van der Waals surface area contributed by atoms with Gasteiger partial charge in [0.05, 0.1) is 17.8 Å². The van der Waals surface area contributed by atoms with Crippen LogP contribution >= 0.6 is 0 Å². The van der Waals surface area contributed by atoms with Crippen LogP contribution in [0.5, 0.6) is 5.75 Å². The number of nitrogens with two attached hydrogens (primary N) is 1. The van der Waals surface area contributed by atoms with Gasteiger partial charge in [-0.05, 0) is 42.3 Å². The average Bonchev–Trinajstić information content (AvgIpc) is 2.78. The molecule has 1 heterocycles. The second-order valence-corrected chi connectivity index (χ2v) is 7.31. The number of carbonyl (C=O) groups excluding carboxylic acids is 1. The number of amides is 2. The molecule has 4 N–H and O–H groups in total. The highest BCUT2D eigenvalue weighted by atomic mass is 19.1. The largest absolute Gasteiger partial charge is 0.489 e. The first-order chi connectivity index (χ1) is 15.4. The number of ether oxygens (including phenoxy) is 1. The maximum Gasteiger partial charge on any atom is 0.326 e. The minimum absolute atomic E-state index is 0.0588. The molecule has 1 aliphatic heterocycles. The molecule has 0 saturated heterocycles. The molecule has 7 nitrogen and oxygen atoms in total. The van der Waals surface area contributed by atoms with Crippen LogP contribution < -0.4 is 20.7 Å². The molecule has 3 aromatic carbocycles. The van der Waals surface area contributed by atoms with Crippen molar-refractivity contribution in [1.29, 1.82) is 0 Å². The van der Waals surface area contributed by atoms with E-state index in [0.717, 1.165) is 11.1 Å². The van der Waals surface area contributed by atoms with E-state index >= 15 is 0 Å². The fourth-order valence-corrected chi connectivity index (χ4v) is 3.46. The summed E-state index contributed by atoms with van der Waals surface area (Å²) in [6.07, 6.45) is 0. The van der Waals surface area contributed by atoms with E-state index in [1.165, 1.54) is 23.1 Å². The quantitative estimate of drug-likeness (QED) is 0.236. The van der Waals surface area contributed by atoms with Crippen LogP contribution in [0, 0.1) is 18.6 Å². The maximum atomic E-state index is 13.9. The standard InChI is InChI=1S/C23H20F2N4O3/c1-13-5-8-16(32-12-17-18(24)3-2-4-19(17)25)10-21(13)29-11-15-7-6-14(22(26)28-31)9-20(15)27-23(29)30/h2-10,31H,11-12H2,1H3,(H2,26,28)(H,27,30). The number of hydrogen-bond donors (Lipinski definition) is 3.